The fourth-order valence-corrected chi connectivity index (χ4v) is 1.48. The van der Waals surface area contributed by atoms with Crippen LogP contribution in [0.25, 0.3) is 0 Å². The summed E-state index contributed by atoms with van der Waals surface area (Å²) in [4.78, 5) is 0. The third-order valence-corrected chi connectivity index (χ3v) is 2.65. The molecule has 0 radical (unpaired) electrons. The van der Waals surface area contributed by atoms with Gasteiger partial charge in [-0.15, -0.1) is 0 Å². The van der Waals surface area contributed by atoms with Crippen molar-refractivity contribution in [1.29, 1.82) is 0 Å². The number of phenolic OH excluding ortho intramolecular Hbond substituents is 1. The van der Waals surface area contributed by atoms with Crippen molar-refractivity contribution < 1.29 is 5.11 Å². The second-order valence-corrected chi connectivity index (χ2v) is 6.27. The van der Waals surface area contributed by atoms with E-state index in [0.717, 1.165) is 0 Å². The first kappa shape index (κ1) is 15.6. The summed E-state index contributed by atoms with van der Waals surface area (Å²) in [6.45, 7) is 13.0. The number of benzene rings is 1. The van der Waals surface area contributed by atoms with Crippen molar-refractivity contribution in [3.05, 3.63) is 29.3 Å². The van der Waals surface area contributed by atoms with Crippen molar-refractivity contribution in [2.45, 2.75) is 52.4 Å². The van der Waals surface area contributed by atoms with Crippen LogP contribution in [0.1, 0.15) is 52.7 Å². The van der Waals surface area contributed by atoms with Crippen molar-refractivity contribution in [3.8, 4) is 5.75 Å². The van der Waals surface area contributed by atoms with Gasteiger partial charge in [0.25, 0.3) is 0 Å². The van der Waals surface area contributed by atoms with E-state index in [-0.39, 0.29) is 29.7 Å². The predicted molar refractivity (Wildman–Crippen MR) is 72.7 cm³/mol. The zero-order valence-electron chi connectivity index (χ0n) is 10.7. The fraction of sp³-hybridized carbons (Fsp3) is 0.571. The van der Waals surface area contributed by atoms with Crippen LogP contribution >= 0.6 is 0 Å². The molecule has 0 aliphatic heterocycles. The Labute approximate surface area is 111 Å². The Kier molecular flexibility index (Phi) is 4.74. The number of hydrogen-bond donors (Lipinski definition) is 1. The Bertz CT molecular complexity index is 324. The van der Waals surface area contributed by atoms with Crippen LogP contribution in [0.2, 0.25) is 0 Å². The van der Waals surface area contributed by atoms with E-state index in [9.17, 15) is 5.11 Å². The molecule has 0 amide bonds. The molecule has 0 aromatic heterocycles. The van der Waals surface area contributed by atoms with E-state index in [1.54, 1.807) is 0 Å². The molecule has 1 aromatic rings. The molecule has 16 heavy (non-hydrogen) atoms. The first-order chi connectivity index (χ1) is 6.60. The van der Waals surface area contributed by atoms with Crippen LogP contribution in [0.4, 0.5) is 0 Å². The SMILES string of the molecule is CC(C)(C)c1cc(O)cc(C(C)(C)C)c1.[LiH]. The van der Waals surface area contributed by atoms with Crippen molar-refractivity contribution >= 4 is 18.9 Å². The summed E-state index contributed by atoms with van der Waals surface area (Å²) >= 11 is 0. The monoisotopic (exact) mass is 214 g/mol. The second kappa shape index (κ2) is 4.86. The van der Waals surface area contributed by atoms with Crippen molar-refractivity contribution in [2.24, 2.45) is 0 Å². The van der Waals surface area contributed by atoms with Crippen molar-refractivity contribution in [3.63, 3.8) is 0 Å². The van der Waals surface area contributed by atoms with E-state index < -0.39 is 0 Å². The predicted octanol–water partition coefficient (Wildman–Crippen LogP) is 3.34. The summed E-state index contributed by atoms with van der Waals surface area (Å²) in [5.41, 5.74) is 2.54. The van der Waals surface area contributed by atoms with Crippen molar-refractivity contribution in [1.82, 2.24) is 0 Å². The quantitative estimate of drug-likeness (QED) is 0.657. The summed E-state index contributed by atoms with van der Waals surface area (Å²) in [6, 6.07) is 5.91. The molecular weight excluding hydrogens is 191 g/mol. The van der Waals surface area contributed by atoms with Gasteiger partial charge in [0.2, 0.25) is 0 Å². The zero-order valence-corrected chi connectivity index (χ0v) is 10.7. The third kappa shape index (κ3) is 3.89. The van der Waals surface area contributed by atoms with Gasteiger partial charge < -0.3 is 5.11 Å². The molecule has 0 spiro atoms. The summed E-state index contributed by atoms with van der Waals surface area (Å²) in [7, 11) is 0. The molecule has 0 bridgehead atoms. The zero-order chi connectivity index (χ0) is 11.9. The Hall–Kier alpha value is -0.383. The molecule has 1 aromatic carbocycles. The molecule has 0 saturated carbocycles. The molecule has 2 heteroatoms. The number of rotatable bonds is 0. The molecule has 0 aliphatic carbocycles. The maximum atomic E-state index is 9.72. The van der Waals surface area contributed by atoms with Gasteiger partial charge in [0, 0.05) is 0 Å². The van der Waals surface area contributed by atoms with E-state index in [1.807, 2.05) is 12.1 Å². The molecule has 1 N–H and O–H groups in total. The number of hydrogen-bond acceptors (Lipinski definition) is 1. The molecule has 86 valence electrons. The Morgan fingerprint density at radius 2 is 1.06 bits per heavy atom. The topological polar surface area (TPSA) is 20.2 Å². The first-order valence-corrected chi connectivity index (χ1v) is 5.46. The number of aromatic hydroxyl groups is 1. The molecule has 0 aliphatic rings. The summed E-state index contributed by atoms with van der Waals surface area (Å²) in [5, 5.41) is 9.72. The Morgan fingerprint density at radius 3 is 1.31 bits per heavy atom. The van der Waals surface area contributed by atoms with E-state index in [1.165, 1.54) is 11.1 Å². The van der Waals surface area contributed by atoms with Crippen LogP contribution in [0.3, 0.4) is 0 Å². The summed E-state index contributed by atoms with van der Waals surface area (Å²) < 4.78 is 0. The van der Waals surface area contributed by atoms with Crippen LogP contribution < -0.4 is 0 Å². The van der Waals surface area contributed by atoms with Crippen molar-refractivity contribution in [2.75, 3.05) is 0 Å². The minimum atomic E-state index is 0. The summed E-state index contributed by atoms with van der Waals surface area (Å²) in [6.07, 6.45) is 0. The standard InChI is InChI=1S/C14H22O.Li.H/c1-13(2,3)10-7-11(14(4,5)6)9-12(15)8-10;;/h7-9,15H,1-6H3;;. The van der Waals surface area contributed by atoms with Gasteiger partial charge in [-0.25, -0.2) is 0 Å². The van der Waals surface area contributed by atoms with E-state index >= 15 is 0 Å². The third-order valence-electron chi connectivity index (χ3n) is 2.65. The van der Waals surface area contributed by atoms with E-state index in [2.05, 4.69) is 47.6 Å². The molecule has 1 rings (SSSR count). The fourth-order valence-electron chi connectivity index (χ4n) is 1.48. The molecule has 1 nitrogen and oxygen atoms in total. The molecular formula is C14H23LiO. The van der Waals surface area contributed by atoms with Crippen LogP contribution in [-0.2, 0) is 10.8 Å². The Balaban J connectivity index is 0.00000225. The van der Waals surface area contributed by atoms with Gasteiger partial charge in [0.05, 0.1) is 0 Å². The number of phenols is 1. The van der Waals surface area contributed by atoms with Gasteiger partial charge in [0.15, 0.2) is 0 Å². The molecule has 0 fully saturated rings. The van der Waals surface area contributed by atoms with E-state index in [4.69, 9.17) is 0 Å². The normalized spacial score (nSPS) is 12.1. The van der Waals surface area contributed by atoms with Crippen LogP contribution in [0.5, 0.6) is 5.75 Å². The van der Waals surface area contributed by atoms with E-state index in [0.29, 0.717) is 5.75 Å². The van der Waals surface area contributed by atoms with Crippen LogP contribution in [-0.4, -0.2) is 24.0 Å². The van der Waals surface area contributed by atoms with Crippen LogP contribution in [0, 0.1) is 0 Å². The van der Waals surface area contributed by atoms with Gasteiger partial charge in [-0.3, -0.25) is 0 Å². The van der Waals surface area contributed by atoms with Gasteiger partial charge >= 0.3 is 18.9 Å². The average Bonchev–Trinajstić information content (AvgIpc) is 1.99. The van der Waals surface area contributed by atoms with Gasteiger partial charge in [-0.2, -0.15) is 0 Å². The average molecular weight is 214 g/mol. The molecule has 0 heterocycles. The second-order valence-electron chi connectivity index (χ2n) is 6.27. The van der Waals surface area contributed by atoms with Gasteiger partial charge in [-0.05, 0) is 34.1 Å². The molecule has 0 saturated heterocycles. The first-order valence-electron chi connectivity index (χ1n) is 5.46. The van der Waals surface area contributed by atoms with Crippen LogP contribution in [0.15, 0.2) is 18.2 Å². The Morgan fingerprint density at radius 1 is 0.750 bits per heavy atom. The molecule has 0 atom stereocenters. The van der Waals surface area contributed by atoms with Gasteiger partial charge in [-0.1, -0.05) is 47.6 Å². The maximum absolute atomic E-state index is 9.72. The summed E-state index contributed by atoms with van der Waals surface area (Å²) in [5.74, 6) is 0.368. The van der Waals surface area contributed by atoms with Gasteiger partial charge in [0.1, 0.15) is 5.75 Å². The molecule has 0 unspecified atom stereocenters. The minimum absolute atomic E-state index is 0.